The summed E-state index contributed by atoms with van der Waals surface area (Å²) in [5.41, 5.74) is 2.67. The van der Waals surface area contributed by atoms with Gasteiger partial charge in [-0.15, -0.1) is 0 Å². The third-order valence-corrected chi connectivity index (χ3v) is 4.71. The average Bonchev–Trinajstić information content (AvgIpc) is 3.16. The number of amides is 2. The second-order valence-corrected chi connectivity index (χ2v) is 6.44. The largest absolute Gasteiger partial charge is 0.450 e. The number of ether oxygens (including phenoxy) is 1. The van der Waals surface area contributed by atoms with E-state index in [1.54, 1.807) is 27.6 Å². The van der Waals surface area contributed by atoms with Crippen LogP contribution in [0.5, 0.6) is 0 Å². The molecule has 1 aliphatic heterocycles. The van der Waals surface area contributed by atoms with Crippen LogP contribution in [0.2, 0.25) is 0 Å². The van der Waals surface area contributed by atoms with Crippen molar-refractivity contribution in [3.8, 4) is 5.82 Å². The molecule has 0 radical (unpaired) electrons. The molecular weight excluding hydrogens is 334 g/mol. The van der Waals surface area contributed by atoms with Gasteiger partial charge in [0.05, 0.1) is 12.8 Å². The van der Waals surface area contributed by atoms with Crippen LogP contribution in [0.3, 0.4) is 0 Å². The Morgan fingerprint density at radius 2 is 1.65 bits per heavy atom. The highest BCUT2D eigenvalue weighted by Crippen LogP contribution is 2.21. The molecule has 8 heteroatoms. The maximum Gasteiger partial charge on any atom is 0.409 e. The van der Waals surface area contributed by atoms with Crippen LogP contribution in [0.25, 0.3) is 5.82 Å². The standard InChI is InChI=1S/C18H25N5O3/c1-5-26-18(25)22-10-8-21(9-11-22)17(24)15-12-19-20(4)16(15)23-13(2)6-7-14(23)3/h6-7,12H,5,8-11H2,1-4H3. The highest BCUT2D eigenvalue weighted by atomic mass is 16.6. The lowest BCUT2D eigenvalue weighted by atomic mass is 10.2. The van der Waals surface area contributed by atoms with E-state index in [4.69, 9.17) is 4.74 Å². The van der Waals surface area contributed by atoms with Crippen molar-refractivity contribution in [1.29, 1.82) is 0 Å². The van der Waals surface area contributed by atoms with Crippen molar-refractivity contribution >= 4 is 12.0 Å². The number of aromatic nitrogens is 3. The number of piperazine rings is 1. The minimum Gasteiger partial charge on any atom is -0.450 e. The van der Waals surface area contributed by atoms with Gasteiger partial charge in [-0.3, -0.25) is 9.48 Å². The lowest BCUT2D eigenvalue weighted by Crippen LogP contribution is -2.50. The second kappa shape index (κ2) is 7.23. The molecule has 26 heavy (non-hydrogen) atoms. The van der Waals surface area contributed by atoms with E-state index in [0.29, 0.717) is 38.3 Å². The van der Waals surface area contributed by atoms with Crippen LogP contribution in [0.4, 0.5) is 4.79 Å². The molecule has 0 aromatic carbocycles. The summed E-state index contributed by atoms with van der Waals surface area (Å²) in [5.74, 6) is 0.701. The predicted molar refractivity (Wildman–Crippen MR) is 96.5 cm³/mol. The average molecular weight is 359 g/mol. The molecule has 1 aliphatic rings. The smallest absolute Gasteiger partial charge is 0.409 e. The van der Waals surface area contributed by atoms with Gasteiger partial charge in [-0.2, -0.15) is 5.10 Å². The lowest BCUT2D eigenvalue weighted by Gasteiger charge is -2.34. The van der Waals surface area contributed by atoms with Gasteiger partial charge < -0.3 is 19.1 Å². The zero-order chi connectivity index (χ0) is 18.8. The van der Waals surface area contributed by atoms with Gasteiger partial charge in [-0.1, -0.05) is 0 Å². The first kappa shape index (κ1) is 18.0. The molecule has 8 nitrogen and oxygen atoms in total. The van der Waals surface area contributed by atoms with Crippen molar-refractivity contribution in [2.24, 2.45) is 7.05 Å². The molecule has 0 N–H and O–H groups in total. The number of carbonyl (C=O) groups excluding carboxylic acids is 2. The number of carbonyl (C=O) groups is 2. The van der Waals surface area contributed by atoms with Gasteiger partial charge in [0.1, 0.15) is 11.4 Å². The van der Waals surface area contributed by atoms with Crippen LogP contribution in [-0.2, 0) is 11.8 Å². The summed E-state index contributed by atoms with van der Waals surface area (Å²) >= 11 is 0. The number of hydrogen-bond donors (Lipinski definition) is 0. The fourth-order valence-corrected chi connectivity index (χ4v) is 3.33. The number of hydrogen-bond acceptors (Lipinski definition) is 4. The third-order valence-electron chi connectivity index (χ3n) is 4.71. The Kier molecular flexibility index (Phi) is 5.01. The molecule has 0 aliphatic carbocycles. The van der Waals surface area contributed by atoms with E-state index in [1.165, 1.54) is 0 Å². The van der Waals surface area contributed by atoms with Gasteiger partial charge in [0.25, 0.3) is 5.91 Å². The Balaban J connectivity index is 1.79. The lowest BCUT2D eigenvalue weighted by molar-refractivity contribution is 0.0570. The Morgan fingerprint density at radius 1 is 1.08 bits per heavy atom. The van der Waals surface area contributed by atoms with Gasteiger partial charge in [0.2, 0.25) is 0 Å². The number of rotatable bonds is 3. The summed E-state index contributed by atoms with van der Waals surface area (Å²) in [4.78, 5) is 28.3. The molecule has 3 rings (SSSR count). The molecule has 0 spiro atoms. The van der Waals surface area contributed by atoms with Crippen molar-refractivity contribution in [1.82, 2.24) is 24.1 Å². The Bertz CT molecular complexity index is 795. The summed E-state index contributed by atoms with van der Waals surface area (Å²) in [7, 11) is 1.84. The normalized spacial score (nSPS) is 14.6. The van der Waals surface area contributed by atoms with Crippen LogP contribution < -0.4 is 0 Å². The van der Waals surface area contributed by atoms with Crippen molar-refractivity contribution in [2.75, 3.05) is 32.8 Å². The maximum absolute atomic E-state index is 13.1. The summed E-state index contributed by atoms with van der Waals surface area (Å²) in [6.07, 6.45) is 1.30. The van der Waals surface area contributed by atoms with Gasteiger partial charge in [-0.25, -0.2) is 4.79 Å². The predicted octanol–water partition coefficient (Wildman–Crippen LogP) is 1.74. The Labute approximate surface area is 152 Å². The van der Waals surface area contributed by atoms with Crippen LogP contribution >= 0.6 is 0 Å². The van der Waals surface area contributed by atoms with Gasteiger partial charge >= 0.3 is 6.09 Å². The Hall–Kier alpha value is -2.77. The molecular formula is C18H25N5O3. The van der Waals surface area contributed by atoms with Gasteiger partial charge in [-0.05, 0) is 32.9 Å². The van der Waals surface area contributed by atoms with Crippen molar-refractivity contribution in [3.05, 3.63) is 35.3 Å². The SMILES string of the molecule is CCOC(=O)N1CCN(C(=O)c2cnn(C)c2-n2c(C)ccc2C)CC1. The van der Waals surface area contributed by atoms with Crippen LogP contribution in [0, 0.1) is 13.8 Å². The minimum absolute atomic E-state index is 0.0656. The molecule has 140 valence electrons. The van der Waals surface area contributed by atoms with E-state index in [-0.39, 0.29) is 12.0 Å². The molecule has 2 aromatic rings. The third kappa shape index (κ3) is 3.18. The molecule has 0 bridgehead atoms. The van der Waals surface area contributed by atoms with Gasteiger partial charge in [0, 0.05) is 44.6 Å². The topological polar surface area (TPSA) is 72.6 Å². The van der Waals surface area contributed by atoms with Gasteiger partial charge in [0.15, 0.2) is 0 Å². The summed E-state index contributed by atoms with van der Waals surface area (Å²) < 4.78 is 8.79. The monoisotopic (exact) mass is 359 g/mol. The van der Waals surface area contributed by atoms with E-state index in [0.717, 1.165) is 17.2 Å². The fraction of sp³-hybridized carbons (Fsp3) is 0.500. The molecule has 1 saturated heterocycles. The molecule has 2 aromatic heterocycles. The van der Waals surface area contributed by atoms with Crippen LogP contribution in [0.1, 0.15) is 28.7 Å². The molecule has 2 amide bonds. The summed E-state index contributed by atoms with van der Waals surface area (Å²) in [6.45, 7) is 8.06. The Morgan fingerprint density at radius 3 is 2.23 bits per heavy atom. The fourth-order valence-electron chi connectivity index (χ4n) is 3.33. The summed E-state index contributed by atoms with van der Waals surface area (Å²) in [6, 6.07) is 4.05. The van der Waals surface area contributed by atoms with E-state index < -0.39 is 0 Å². The maximum atomic E-state index is 13.1. The molecule has 3 heterocycles. The van der Waals surface area contributed by atoms with E-state index >= 15 is 0 Å². The molecule has 0 saturated carbocycles. The van der Waals surface area contributed by atoms with E-state index in [1.807, 2.05) is 37.6 Å². The van der Waals surface area contributed by atoms with Crippen molar-refractivity contribution in [3.63, 3.8) is 0 Å². The van der Waals surface area contributed by atoms with Crippen LogP contribution in [-0.4, -0.2) is 68.9 Å². The first-order valence-corrected chi connectivity index (χ1v) is 8.82. The molecule has 0 atom stereocenters. The van der Waals surface area contributed by atoms with Crippen LogP contribution in [0.15, 0.2) is 18.3 Å². The van der Waals surface area contributed by atoms with E-state index in [2.05, 4.69) is 5.10 Å². The zero-order valence-corrected chi connectivity index (χ0v) is 15.7. The summed E-state index contributed by atoms with van der Waals surface area (Å²) in [5, 5.41) is 4.30. The highest BCUT2D eigenvalue weighted by Gasteiger charge is 2.28. The van der Waals surface area contributed by atoms with E-state index in [9.17, 15) is 9.59 Å². The first-order chi connectivity index (χ1) is 12.4. The first-order valence-electron chi connectivity index (χ1n) is 8.82. The minimum atomic E-state index is -0.319. The quantitative estimate of drug-likeness (QED) is 0.837. The highest BCUT2D eigenvalue weighted by molar-refractivity contribution is 5.97. The van der Waals surface area contributed by atoms with Crippen molar-refractivity contribution < 1.29 is 14.3 Å². The number of aryl methyl sites for hydroxylation is 3. The number of nitrogens with zero attached hydrogens (tertiary/aromatic N) is 5. The molecule has 1 fully saturated rings. The molecule has 0 unspecified atom stereocenters. The zero-order valence-electron chi connectivity index (χ0n) is 15.7. The second-order valence-electron chi connectivity index (χ2n) is 6.44. The van der Waals surface area contributed by atoms with Crippen molar-refractivity contribution in [2.45, 2.75) is 20.8 Å².